The van der Waals surface area contributed by atoms with E-state index in [-0.39, 0.29) is 5.82 Å². The summed E-state index contributed by atoms with van der Waals surface area (Å²) in [4.78, 5) is 21.4. The Morgan fingerprint density at radius 3 is 2.84 bits per heavy atom. The second-order valence-corrected chi connectivity index (χ2v) is 8.78. The molecule has 0 atom stereocenters. The molecular formula is C28H23FN8. The Labute approximate surface area is 211 Å². The van der Waals surface area contributed by atoms with E-state index >= 15 is 0 Å². The Balaban J connectivity index is 1.40. The zero-order chi connectivity index (χ0) is 25.4. The number of nitrogens with one attached hydrogen (secondary N) is 3. The van der Waals surface area contributed by atoms with Gasteiger partial charge in [0.2, 0.25) is 0 Å². The van der Waals surface area contributed by atoms with Gasteiger partial charge in [-0.2, -0.15) is 5.10 Å². The van der Waals surface area contributed by atoms with Gasteiger partial charge in [0.1, 0.15) is 11.5 Å². The summed E-state index contributed by atoms with van der Waals surface area (Å²) >= 11 is 0. The Morgan fingerprint density at radius 2 is 1.97 bits per heavy atom. The molecule has 6 aromatic rings. The third kappa shape index (κ3) is 4.31. The lowest BCUT2D eigenvalue weighted by molar-refractivity contribution is 0.628. The van der Waals surface area contributed by atoms with Crippen LogP contribution in [-0.2, 0) is 0 Å². The molecule has 5 heterocycles. The van der Waals surface area contributed by atoms with Crippen LogP contribution in [0.4, 0.5) is 10.1 Å². The molecule has 0 saturated carbocycles. The standard InChI is InChI=1S/C28H23FN8/c1-3-5-16(2)33-20-11-18(13-30-14-20)23-12-22-24(15-32-23)36-37-26(22)28-34-25-21(8-9-31-27(25)35-28)17-6-4-7-19(29)10-17/h4,6-15,33H,2-3,5H2,1H3,(H,36,37)(H,31,34,35). The number of anilines is 1. The van der Waals surface area contributed by atoms with Gasteiger partial charge >= 0.3 is 0 Å². The molecule has 0 saturated heterocycles. The first-order chi connectivity index (χ1) is 18.1. The zero-order valence-corrected chi connectivity index (χ0v) is 20.1. The van der Waals surface area contributed by atoms with E-state index in [1.165, 1.54) is 12.1 Å². The Kier molecular flexibility index (Phi) is 5.65. The molecule has 37 heavy (non-hydrogen) atoms. The smallest absolute Gasteiger partial charge is 0.178 e. The van der Waals surface area contributed by atoms with E-state index in [9.17, 15) is 4.39 Å². The maximum Gasteiger partial charge on any atom is 0.178 e. The Morgan fingerprint density at radius 1 is 1.05 bits per heavy atom. The number of nitrogens with zero attached hydrogens (tertiary/aromatic N) is 5. The van der Waals surface area contributed by atoms with Crippen molar-refractivity contribution in [2.75, 3.05) is 5.32 Å². The number of pyridine rings is 3. The monoisotopic (exact) mass is 490 g/mol. The molecular weight excluding hydrogens is 467 g/mol. The molecule has 0 radical (unpaired) electrons. The number of benzene rings is 1. The van der Waals surface area contributed by atoms with Crippen molar-refractivity contribution in [2.45, 2.75) is 19.8 Å². The molecule has 0 aliphatic rings. The van der Waals surface area contributed by atoms with Gasteiger partial charge in [0.15, 0.2) is 11.5 Å². The van der Waals surface area contributed by atoms with Gasteiger partial charge in [-0.05, 0) is 42.3 Å². The van der Waals surface area contributed by atoms with Crippen molar-refractivity contribution in [2.24, 2.45) is 0 Å². The number of fused-ring (bicyclic) bond motifs is 2. The average molecular weight is 491 g/mol. The summed E-state index contributed by atoms with van der Waals surface area (Å²) in [6.45, 7) is 6.18. The molecule has 8 nitrogen and oxygen atoms in total. The fourth-order valence-corrected chi connectivity index (χ4v) is 4.39. The summed E-state index contributed by atoms with van der Waals surface area (Å²) in [5, 5.41) is 11.7. The van der Waals surface area contributed by atoms with Gasteiger partial charge in [0.05, 0.1) is 34.8 Å². The largest absolute Gasteiger partial charge is 0.358 e. The number of allylic oxidation sites excluding steroid dienone is 1. The maximum atomic E-state index is 13.9. The predicted molar refractivity (Wildman–Crippen MR) is 143 cm³/mol. The van der Waals surface area contributed by atoms with Crippen molar-refractivity contribution >= 4 is 27.8 Å². The van der Waals surface area contributed by atoms with E-state index in [0.29, 0.717) is 22.7 Å². The first-order valence-corrected chi connectivity index (χ1v) is 11.9. The van der Waals surface area contributed by atoms with Crippen LogP contribution in [-0.4, -0.2) is 35.1 Å². The number of hydrogen-bond acceptors (Lipinski definition) is 6. The van der Waals surface area contributed by atoms with Gasteiger partial charge in [-0.25, -0.2) is 14.4 Å². The summed E-state index contributed by atoms with van der Waals surface area (Å²) in [7, 11) is 0. The lowest BCUT2D eigenvalue weighted by atomic mass is 10.1. The van der Waals surface area contributed by atoms with Crippen molar-refractivity contribution in [1.82, 2.24) is 35.1 Å². The molecule has 0 unspecified atom stereocenters. The molecule has 9 heteroatoms. The van der Waals surface area contributed by atoms with Gasteiger partial charge < -0.3 is 10.3 Å². The zero-order valence-electron chi connectivity index (χ0n) is 20.1. The number of aromatic nitrogens is 7. The number of hydrogen-bond donors (Lipinski definition) is 3. The molecule has 182 valence electrons. The van der Waals surface area contributed by atoms with Gasteiger partial charge in [-0.1, -0.05) is 32.1 Å². The average Bonchev–Trinajstić information content (AvgIpc) is 3.52. The fraction of sp³-hybridized carbons (Fsp3) is 0.107. The van der Waals surface area contributed by atoms with Crippen LogP contribution in [0.25, 0.3) is 56.0 Å². The van der Waals surface area contributed by atoms with Crippen LogP contribution in [0.2, 0.25) is 0 Å². The highest BCUT2D eigenvalue weighted by molar-refractivity contribution is 5.96. The van der Waals surface area contributed by atoms with Gasteiger partial charge in [-0.3, -0.25) is 15.1 Å². The topological polar surface area (TPSA) is 108 Å². The van der Waals surface area contributed by atoms with E-state index in [1.54, 1.807) is 30.9 Å². The minimum Gasteiger partial charge on any atom is -0.358 e. The lowest BCUT2D eigenvalue weighted by Crippen LogP contribution is -1.98. The molecule has 0 spiro atoms. The van der Waals surface area contributed by atoms with Crippen LogP contribution in [0.3, 0.4) is 0 Å². The quantitative estimate of drug-likeness (QED) is 0.236. The van der Waals surface area contributed by atoms with Gasteiger partial charge in [-0.15, -0.1) is 0 Å². The SMILES string of the molecule is C=C(CCC)Nc1cncc(-c2cc3c(-c4nc5nccc(-c6cccc(F)c6)c5[nH]4)n[nH]c3cn2)c1. The molecule has 1 aromatic carbocycles. The third-order valence-corrected chi connectivity index (χ3v) is 6.11. The summed E-state index contributed by atoms with van der Waals surface area (Å²) in [6.07, 6.45) is 8.86. The van der Waals surface area contributed by atoms with Crippen LogP contribution in [0, 0.1) is 5.82 Å². The first kappa shape index (κ1) is 22.5. The van der Waals surface area contributed by atoms with Crippen LogP contribution < -0.4 is 5.32 Å². The predicted octanol–water partition coefficient (Wildman–Crippen LogP) is 6.49. The number of aromatic amines is 2. The van der Waals surface area contributed by atoms with Crippen LogP contribution in [0.1, 0.15) is 19.8 Å². The van der Waals surface area contributed by atoms with Crippen molar-refractivity contribution < 1.29 is 4.39 Å². The van der Waals surface area contributed by atoms with Gasteiger partial charge in [0, 0.05) is 34.6 Å². The van der Waals surface area contributed by atoms with Crippen LogP contribution in [0.15, 0.2) is 79.5 Å². The normalized spacial score (nSPS) is 11.3. The lowest BCUT2D eigenvalue weighted by Gasteiger charge is -2.09. The van der Waals surface area contributed by atoms with Crippen LogP contribution >= 0.6 is 0 Å². The van der Waals surface area contributed by atoms with Gasteiger partial charge in [0.25, 0.3) is 0 Å². The highest BCUT2D eigenvalue weighted by Gasteiger charge is 2.17. The molecule has 0 aliphatic carbocycles. The fourth-order valence-electron chi connectivity index (χ4n) is 4.39. The summed E-state index contributed by atoms with van der Waals surface area (Å²) in [5.41, 5.74) is 7.62. The van der Waals surface area contributed by atoms with Crippen molar-refractivity contribution in [3.8, 4) is 33.9 Å². The molecule has 6 rings (SSSR count). The van der Waals surface area contributed by atoms with E-state index < -0.39 is 0 Å². The Bertz CT molecular complexity index is 1770. The van der Waals surface area contributed by atoms with Crippen molar-refractivity contribution in [3.63, 3.8) is 0 Å². The van der Waals surface area contributed by atoms with Crippen molar-refractivity contribution in [3.05, 3.63) is 85.3 Å². The van der Waals surface area contributed by atoms with E-state index in [0.717, 1.165) is 57.5 Å². The third-order valence-electron chi connectivity index (χ3n) is 6.11. The number of H-pyrrole nitrogens is 2. The summed E-state index contributed by atoms with van der Waals surface area (Å²) in [6, 6.07) is 12.3. The van der Waals surface area contributed by atoms with E-state index in [2.05, 4.69) is 53.9 Å². The second kappa shape index (κ2) is 9.27. The number of rotatable bonds is 7. The minimum absolute atomic E-state index is 0.302. The minimum atomic E-state index is -0.302. The molecule has 0 fully saturated rings. The summed E-state index contributed by atoms with van der Waals surface area (Å²) in [5.74, 6) is 0.253. The Hall–Kier alpha value is -4.92. The van der Waals surface area contributed by atoms with E-state index in [4.69, 9.17) is 0 Å². The maximum absolute atomic E-state index is 13.9. The van der Waals surface area contributed by atoms with E-state index in [1.807, 2.05) is 24.3 Å². The molecule has 0 amide bonds. The number of imidazole rings is 1. The van der Waals surface area contributed by atoms with Crippen LogP contribution in [0.5, 0.6) is 0 Å². The van der Waals surface area contributed by atoms with Crippen molar-refractivity contribution in [1.29, 1.82) is 0 Å². The molecule has 5 aromatic heterocycles. The number of halogens is 1. The molecule has 0 aliphatic heterocycles. The summed E-state index contributed by atoms with van der Waals surface area (Å²) < 4.78 is 13.9. The highest BCUT2D eigenvalue weighted by atomic mass is 19.1. The molecule has 3 N–H and O–H groups in total. The first-order valence-electron chi connectivity index (χ1n) is 11.9. The molecule has 0 bridgehead atoms. The highest BCUT2D eigenvalue weighted by Crippen LogP contribution is 2.32. The second-order valence-electron chi connectivity index (χ2n) is 8.78.